The average molecular weight is 453 g/mol. The van der Waals surface area contributed by atoms with Crippen LogP contribution in [-0.4, -0.2) is 109 Å². The van der Waals surface area contributed by atoms with Crippen molar-refractivity contribution >= 4 is 0 Å². The second kappa shape index (κ2) is 12.2. The number of morpholine rings is 2. The zero-order chi connectivity index (χ0) is 23.1. The zero-order valence-corrected chi connectivity index (χ0v) is 19.9. The molecule has 2 aliphatic heterocycles. The molecule has 2 saturated heterocycles. The molecule has 1 aromatic rings. The van der Waals surface area contributed by atoms with Crippen LogP contribution in [0.4, 0.5) is 0 Å². The highest BCUT2D eigenvalue weighted by Crippen LogP contribution is 2.19. The molecule has 0 aromatic heterocycles. The van der Waals surface area contributed by atoms with E-state index in [1.54, 1.807) is 0 Å². The fraction of sp³-hybridized carbons (Fsp3) is 0.750. The normalized spacial score (nSPS) is 29.4. The maximum Gasteiger partial charge on any atom is 0.119 e. The van der Waals surface area contributed by atoms with Gasteiger partial charge in [0.15, 0.2) is 0 Å². The van der Waals surface area contributed by atoms with Crippen LogP contribution in [0.15, 0.2) is 24.3 Å². The van der Waals surface area contributed by atoms with Gasteiger partial charge < -0.3 is 29.2 Å². The highest BCUT2D eigenvalue weighted by molar-refractivity contribution is 5.31. The van der Waals surface area contributed by atoms with Crippen molar-refractivity contribution in [3.63, 3.8) is 0 Å². The largest absolute Gasteiger partial charge is 0.491 e. The highest BCUT2D eigenvalue weighted by Gasteiger charge is 2.25. The van der Waals surface area contributed by atoms with Crippen LogP contribution >= 0.6 is 0 Å². The van der Waals surface area contributed by atoms with Crippen molar-refractivity contribution in [1.82, 2.24) is 9.80 Å². The van der Waals surface area contributed by atoms with Crippen LogP contribution in [-0.2, 0) is 9.47 Å². The minimum absolute atomic E-state index is 0.180. The first kappa shape index (κ1) is 25.2. The van der Waals surface area contributed by atoms with Gasteiger partial charge in [0.05, 0.1) is 24.4 Å². The molecule has 182 valence electrons. The van der Waals surface area contributed by atoms with Crippen LogP contribution in [0.1, 0.15) is 27.7 Å². The minimum Gasteiger partial charge on any atom is -0.491 e. The quantitative estimate of drug-likeness (QED) is 0.551. The molecule has 3 rings (SSSR count). The van der Waals surface area contributed by atoms with E-state index < -0.39 is 12.2 Å². The highest BCUT2D eigenvalue weighted by atomic mass is 16.5. The van der Waals surface area contributed by atoms with Gasteiger partial charge in [0, 0.05) is 39.3 Å². The summed E-state index contributed by atoms with van der Waals surface area (Å²) in [5.74, 6) is 1.36. The summed E-state index contributed by atoms with van der Waals surface area (Å²) in [6.07, 6.45) is -0.413. The third kappa shape index (κ3) is 8.50. The molecule has 2 N–H and O–H groups in total. The van der Waals surface area contributed by atoms with Gasteiger partial charge in [0.2, 0.25) is 0 Å². The lowest BCUT2D eigenvalue weighted by Gasteiger charge is -2.36. The van der Waals surface area contributed by atoms with E-state index in [0.717, 1.165) is 26.2 Å². The first-order valence-electron chi connectivity index (χ1n) is 11.7. The van der Waals surface area contributed by atoms with E-state index in [2.05, 4.69) is 37.5 Å². The molecule has 0 radical (unpaired) electrons. The van der Waals surface area contributed by atoms with E-state index in [4.69, 9.17) is 18.9 Å². The molecule has 0 bridgehead atoms. The van der Waals surface area contributed by atoms with E-state index in [9.17, 15) is 10.2 Å². The molecule has 2 fully saturated rings. The number of aliphatic hydroxyl groups excluding tert-OH is 2. The van der Waals surface area contributed by atoms with Crippen LogP contribution in [0.25, 0.3) is 0 Å². The molecule has 0 aliphatic carbocycles. The summed E-state index contributed by atoms with van der Waals surface area (Å²) in [4.78, 5) is 4.43. The van der Waals surface area contributed by atoms with Crippen molar-refractivity contribution in [3.05, 3.63) is 24.3 Å². The number of nitrogens with zero attached hydrogens (tertiary/aromatic N) is 2. The van der Waals surface area contributed by atoms with Crippen LogP contribution in [0.2, 0.25) is 0 Å². The Morgan fingerprint density at radius 1 is 0.719 bits per heavy atom. The predicted octanol–water partition coefficient (Wildman–Crippen LogP) is 1.38. The SMILES string of the molecule is C[C@@H]1CN(C[C@H](O)COc2ccc(OC[C@H](O)CN3C[C@H](C)O[C@@H](C)C3)cc2)C[C@@H](C)O1. The van der Waals surface area contributed by atoms with E-state index in [1.165, 1.54) is 0 Å². The summed E-state index contributed by atoms with van der Waals surface area (Å²) in [6.45, 7) is 13.1. The van der Waals surface area contributed by atoms with Gasteiger partial charge in [-0.2, -0.15) is 0 Å². The fourth-order valence-corrected chi connectivity index (χ4v) is 4.59. The number of hydrogen-bond acceptors (Lipinski definition) is 8. The summed E-state index contributed by atoms with van der Waals surface area (Å²) < 4.78 is 22.9. The molecule has 2 aliphatic rings. The third-order valence-corrected chi connectivity index (χ3v) is 5.64. The summed E-state index contributed by atoms with van der Waals surface area (Å²) in [5, 5.41) is 20.7. The number of ether oxygens (including phenoxy) is 4. The van der Waals surface area contributed by atoms with Crippen molar-refractivity contribution in [2.75, 3.05) is 52.5 Å². The molecule has 0 amide bonds. The molecule has 8 heteroatoms. The Labute approximate surface area is 192 Å². The van der Waals surface area contributed by atoms with E-state index >= 15 is 0 Å². The van der Waals surface area contributed by atoms with Gasteiger partial charge in [-0.3, -0.25) is 9.80 Å². The van der Waals surface area contributed by atoms with Gasteiger partial charge >= 0.3 is 0 Å². The molecule has 8 nitrogen and oxygen atoms in total. The Bertz CT molecular complexity index is 598. The van der Waals surface area contributed by atoms with Crippen LogP contribution in [0.5, 0.6) is 11.5 Å². The van der Waals surface area contributed by atoms with Gasteiger partial charge in [-0.25, -0.2) is 0 Å². The number of β-amino-alcohol motifs (C(OH)–C–C–N with tert-alkyl or cyclic N) is 2. The smallest absolute Gasteiger partial charge is 0.119 e. The summed E-state index contributed by atoms with van der Waals surface area (Å²) in [6, 6.07) is 7.27. The second-order valence-corrected chi connectivity index (χ2v) is 9.35. The topological polar surface area (TPSA) is 83.9 Å². The lowest BCUT2D eigenvalue weighted by molar-refractivity contribution is -0.0790. The monoisotopic (exact) mass is 452 g/mol. The van der Waals surface area contributed by atoms with Gasteiger partial charge in [-0.15, -0.1) is 0 Å². The van der Waals surface area contributed by atoms with Crippen molar-refractivity contribution in [1.29, 1.82) is 0 Å². The van der Waals surface area contributed by atoms with Gasteiger partial charge in [0.1, 0.15) is 36.9 Å². The number of benzene rings is 1. The maximum absolute atomic E-state index is 10.3. The van der Waals surface area contributed by atoms with Crippen LogP contribution < -0.4 is 9.47 Å². The molecule has 6 atom stereocenters. The molecular formula is C24H40N2O6. The fourth-order valence-electron chi connectivity index (χ4n) is 4.59. The lowest BCUT2D eigenvalue weighted by Crippen LogP contribution is -2.48. The van der Waals surface area contributed by atoms with Gasteiger partial charge in [-0.05, 0) is 52.0 Å². The Hall–Kier alpha value is -1.42. The van der Waals surface area contributed by atoms with Gasteiger partial charge in [0.25, 0.3) is 0 Å². The predicted molar refractivity (Wildman–Crippen MR) is 122 cm³/mol. The molecule has 1 aromatic carbocycles. The Morgan fingerprint density at radius 3 is 1.34 bits per heavy atom. The summed E-state index contributed by atoms with van der Waals surface area (Å²) >= 11 is 0. The van der Waals surface area contributed by atoms with E-state index in [-0.39, 0.29) is 37.6 Å². The molecule has 32 heavy (non-hydrogen) atoms. The number of aliphatic hydroxyl groups is 2. The third-order valence-electron chi connectivity index (χ3n) is 5.64. The molecule has 0 unspecified atom stereocenters. The first-order chi connectivity index (χ1) is 15.3. The Balaban J connectivity index is 1.34. The number of hydrogen-bond donors (Lipinski definition) is 2. The van der Waals surface area contributed by atoms with Crippen molar-refractivity contribution in [2.24, 2.45) is 0 Å². The molecule has 0 spiro atoms. The van der Waals surface area contributed by atoms with Crippen molar-refractivity contribution < 1.29 is 29.2 Å². The van der Waals surface area contributed by atoms with Crippen LogP contribution in [0.3, 0.4) is 0 Å². The van der Waals surface area contributed by atoms with Crippen LogP contribution in [0, 0.1) is 0 Å². The molecule has 0 saturated carbocycles. The molecular weight excluding hydrogens is 412 g/mol. The lowest BCUT2D eigenvalue weighted by atomic mass is 10.2. The second-order valence-electron chi connectivity index (χ2n) is 9.35. The summed E-state index contributed by atoms with van der Waals surface area (Å²) in [7, 11) is 0. The Kier molecular flexibility index (Phi) is 9.58. The van der Waals surface area contributed by atoms with Crippen molar-refractivity contribution in [3.8, 4) is 11.5 Å². The van der Waals surface area contributed by atoms with E-state index in [0.29, 0.717) is 24.6 Å². The average Bonchev–Trinajstić information content (AvgIpc) is 2.70. The summed E-state index contributed by atoms with van der Waals surface area (Å²) in [5.41, 5.74) is 0. The first-order valence-corrected chi connectivity index (χ1v) is 11.7. The minimum atomic E-state index is -0.566. The van der Waals surface area contributed by atoms with Crippen molar-refractivity contribution in [2.45, 2.75) is 64.3 Å². The maximum atomic E-state index is 10.3. The zero-order valence-electron chi connectivity index (χ0n) is 19.9. The standard InChI is InChI=1S/C24H40N2O6/c1-17-9-25(10-18(2)31-17)13-21(27)15-29-23-5-7-24(8-6-23)30-16-22(28)14-26-11-19(3)32-20(4)12-26/h5-8,17-22,27-28H,9-16H2,1-4H3/t17-,18-,19+,20+,21+,22-. The van der Waals surface area contributed by atoms with Gasteiger partial charge in [-0.1, -0.05) is 0 Å². The number of rotatable bonds is 10. The Morgan fingerprint density at radius 2 is 1.03 bits per heavy atom. The molecule has 2 heterocycles. The van der Waals surface area contributed by atoms with E-state index in [1.807, 2.05) is 24.3 Å².